The number of aliphatic hydroxyl groups excluding tert-OH is 1. The van der Waals surface area contributed by atoms with Crippen LogP contribution in [-0.2, 0) is 9.53 Å². The molecule has 0 bridgehead atoms. The van der Waals surface area contributed by atoms with Gasteiger partial charge in [-0.15, -0.1) is 23.1 Å². The number of thioether (sulfide) groups is 1. The van der Waals surface area contributed by atoms with E-state index in [0.717, 1.165) is 4.21 Å². The second-order valence-electron chi connectivity index (χ2n) is 2.91. The predicted molar refractivity (Wildman–Crippen MR) is 62.3 cm³/mol. The van der Waals surface area contributed by atoms with E-state index in [9.17, 15) is 9.90 Å². The Labute approximate surface area is 97.5 Å². The maximum atomic E-state index is 11.0. The first-order valence-electron chi connectivity index (χ1n) is 4.72. The van der Waals surface area contributed by atoms with E-state index >= 15 is 0 Å². The molecule has 1 aromatic heterocycles. The molecular weight excluding hydrogens is 232 g/mol. The predicted octanol–water partition coefficient (Wildman–Crippen LogP) is 2.15. The van der Waals surface area contributed by atoms with Gasteiger partial charge < -0.3 is 9.84 Å². The Hall–Kier alpha value is -0.520. The molecule has 15 heavy (non-hydrogen) atoms. The summed E-state index contributed by atoms with van der Waals surface area (Å²) >= 11 is 3.19. The summed E-state index contributed by atoms with van der Waals surface area (Å²) in [5.41, 5.74) is 0. The number of ether oxygens (including phenoxy) is 1. The Kier molecular flexibility index (Phi) is 5.75. The molecule has 0 fully saturated rings. The SMILES string of the molecule is CCOC(=O)CC(O)CSc1cccs1. The van der Waals surface area contributed by atoms with Gasteiger partial charge in [-0.1, -0.05) is 6.07 Å². The molecule has 0 radical (unpaired) electrons. The molecule has 0 saturated heterocycles. The van der Waals surface area contributed by atoms with Crippen molar-refractivity contribution >= 4 is 29.1 Å². The van der Waals surface area contributed by atoms with E-state index in [0.29, 0.717) is 12.4 Å². The minimum Gasteiger partial charge on any atom is -0.466 e. The van der Waals surface area contributed by atoms with E-state index in [1.165, 1.54) is 0 Å². The maximum absolute atomic E-state index is 11.0. The van der Waals surface area contributed by atoms with Gasteiger partial charge in [0.15, 0.2) is 0 Å². The van der Waals surface area contributed by atoms with Crippen LogP contribution in [0, 0.1) is 0 Å². The first kappa shape index (κ1) is 12.5. The smallest absolute Gasteiger partial charge is 0.308 e. The molecule has 5 heteroatoms. The fourth-order valence-corrected chi connectivity index (χ4v) is 2.74. The van der Waals surface area contributed by atoms with Crippen LogP contribution in [0.1, 0.15) is 13.3 Å². The van der Waals surface area contributed by atoms with Gasteiger partial charge in [0.1, 0.15) is 0 Å². The second kappa shape index (κ2) is 6.87. The van der Waals surface area contributed by atoms with Gasteiger partial charge in [-0.3, -0.25) is 4.79 Å². The van der Waals surface area contributed by atoms with E-state index in [1.54, 1.807) is 30.0 Å². The molecule has 1 N–H and O–H groups in total. The molecule has 0 aromatic carbocycles. The topological polar surface area (TPSA) is 46.5 Å². The van der Waals surface area contributed by atoms with Gasteiger partial charge in [-0.25, -0.2) is 0 Å². The lowest BCUT2D eigenvalue weighted by Crippen LogP contribution is -2.17. The Morgan fingerprint density at radius 3 is 3.13 bits per heavy atom. The van der Waals surface area contributed by atoms with Gasteiger partial charge in [-0.05, 0) is 18.4 Å². The Morgan fingerprint density at radius 1 is 1.73 bits per heavy atom. The molecular formula is C10H14O3S2. The molecule has 0 spiro atoms. The quantitative estimate of drug-likeness (QED) is 0.617. The zero-order valence-corrected chi connectivity index (χ0v) is 10.1. The van der Waals surface area contributed by atoms with Crippen molar-refractivity contribution in [1.82, 2.24) is 0 Å². The molecule has 0 amide bonds. The van der Waals surface area contributed by atoms with Crippen LogP contribution in [0.3, 0.4) is 0 Å². The van der Waals surface area contributed by atoms with Gasteiger partial charge in [0, 0.05) is 5.75 Å². The molecule has 3 nitrogen and oxygen atoms in total. The van der Waals surface area contributed by atoms with Crippen molar-refractivity contribution < 1.29 is 14.6 Å². The lowest BCUT2D eigenvalue weighted by molar-refractivity contribution is -0.144. The van der Waals surface area contributed by atoms with Crippen molar-refractivity contribution in [2.75, 3.05) is 12.4 Å². The minimum absolute atomic E-state index is 0.0756. The standard InChI is InChI=1S/C10H14O3S2/c1-2-13-9(12)6-8(11)7-15-10-4-3-5-14-10/h3-5,8,11H,2,6-7H2,1H3. The summed E-state index contributed by atoms with van der Waals surface area (Å²) in [5, 5.41) is 11.5. The van der Waals surface area contributed by atoms with Gasteiger partial charge in [-0.2, -0.15) is 0 Å². The second-order valence-corrected chi connectivity index (χ2v) is 5.17. The molecule has 0 aliphatic carbocycles. The molecule has 1 atom stereocenters. The lowest BCUT2D eigenvalue weighted by atomic mass is 10.3. The minimum atomic E-state index is -0.629. The fraction of sp³-hybridized carbons (Fsp3) is 0.500. The molecule has 1 rings (SSSR count). The van der Waals surface area contributed by atoms with Crippen molar-refractivity contribution in [3.8, 4) is 0 Å². The highest BCUT2D eigenvalue weighted by molar-refractivity contribution is 8.01. The largest absolute Gasteiger partial charge is 0.466 e. The van der Waals surface area contributed by atoms with E-state index in [2.05, 4.69) is 0 Å². The van der Waals surface area contributed by atoms with Crippen LogP contribution < -0.4 is 0 Å². The van der Waals surface area contributed by atoms with Crippen LogP contribution in [-0.4, -0.2) is 29.5 Å². The van der Waals surface area contributed by atoms with Crippen molar-refractivity contribution in [3.63, 3.8) is 0 Å². The highest BCUT2D eigenvalue weighted by Crippen LogP contribution is 2.24. The van der Waals surface area contributed by atoms with Gasteiger partial charge in [0.2, 0.25) is 0 Å². The molecule has 84 valence electrons. The third-order valence-electron chi connectivity index (χ3n) is 1.62. The van der Waals surface area contributed by atoms with E-state index in [1.807, 2.05) is 17.5 Å². The van der Waals surface area contributed by atoms with E-state index in [4.69, 9.17) is 4.74 Å². The summed E-state index contributed by atoms with van der Waals surface area (Å²) in [5.74, 6) is 0.191. The van der Waals surface area contributed by atoms with Gasteiger partial charge in [0.05, 0.1) is 23.3 Å². The molecule has 1 heterocycles. The zero-order valence-electron chi connectivity index (χ0n) is 8.51. The first-order chi connectivity index (χ1) is 7.22. The Bertz CT molecular complexity index is 285. The highest BCUT2D eigenvalue weighted by Gasteiger charge is 2.11. The summed E-state index contributed by atoms with van der Waals surface area (Å²) in [7, 11) is 0. The number of thiophene rings is 1. The zero-order chi connectivity index (χ0) is 11.1. The van der Waals surface area contributed by atoms with Crippen LogP contribution in [0.4, 0.5) is 0 Å². The first-order valence-corrected chi connectivity index (χ1v) is 6.59. The summed E-state index contributed by atoms with van der Waals surface area (Å²) < 4.78 is 5.89. The van der Waals surface area contributed by atoms with E-state index < -0.39 is 6.10 Å². The average Bonchev–Trinajstić information content (AvgIpc) is 2.67. The molecule has 1 unspecified atom stereocenters. The van der Waals surface area contributed by atoms with Crippen LogP contribution in [0.25, 0.3) is 0 Å². The number of hydrogen-bond donors (Lipinski definition) is 1. The molecule has 0 aliphatic rings. The lowest BCUT2D eigenvalue weighted by Gasteiger charge is -2.08. The third-order valence-corrected chi connectivity index (χ3v) is 3.90. The van der Waals surface area contributed by atoms with Crippen LogP contribution in [0.5, 0.6) is 0 Å². The Morgan fingerprint density at radius 2 is 2.53 bits per heavy atom. The number of aliphatic hydroxyl groups is 1. The Balaban J connectivity index is 2.18. The fourth-order valence-electron chi connectivity index (χ4n) is 0.995. The maximum Gasteiger partial charge on any atom is 0.308 e. The number of carbonyl (C=O) groups is 1. The van der Waals surface area contributed by atoms with Crippen molar-refractivity contribution in [2.24, 2.45) is 0 Å². The third kappa shape index (κ3) is 5.20. The molecule has 1 aromatic rings. The van der Waals surface area contributed by atoms with Crippen LogP contribution in [0.2, 0.25) is 0 Å². The summed E-state index contributed by atoms with van der Waals surface area (Å²) in [4.78, 5) is 11.0. The highest BCUT2D eigenvalue weighted by atomic mass is 32.2. The monoisotopic (exact) mass is 246 g/mol. The number of rotatable bonds is 6. The summed E-state index contributed by atoms with van der Waals surface area (Å²) in [6.45, 7) is 2.12. The van der Waals surface area contributed by atoms with E-state index in [-0.39, 0.29) is 12.4 Å². The van der Waals surface area contributed by atoms with Crippen molar-refractivity contribution in [2.45, 2.75) is 23.7 Å². The van der Waals surface area contributed by atoms with Crippen molar-refractivity contribution in [3.05, 3.63) is 17.5 Å². The summed E-state index contributed by atoms with van der Waals surface area (Å²) in [6, 6.07) is 3.96. The summed E-state index contributed by atoms with van der Waals surface area (Å²) in [6.07, 6.45) is -0.553. The number of carbonyl (C=O) groups excluding carboxylic acids is 1. The van der Waals surface area contributed by atoms with Gasteiger partial charge in [0.25, 0.3) is 0 Å². The van der Waals surface area contributed by atoms with Crippen LogP contribution in [0.15, 0.2) is 21.7 Å². The van der Waals surface area contributed by atoms with Crippen molar-refractivity contribution in [1.29, 1.82) is 0 Å². The average molecular weight is 246 g/mol. The molecule has 0 aliphatic heterocycles. The van der Waals surface area contributed by atoms with Crippen LogP contribution >= 0.6 is 23.1 Å². The number of hydrogen-bond acceptors (Lipinski definition) is 5. The normalized spacial score (nSPS) is 12.4. The molecule has 0 saturated carbocycles. The van der Waals surface area contributed by atoms with Gasteiger partial charge >= 0.3 is 5.97 Å². The number of esters is 1.